The van der Waals surface area contributed by atoms with E-state index in [1.807, 2.05) is 0 Å². The van der Waals surface area contributed by atoms with Gasteiger partial charge in [0.15, 0.2) is 0 Å². The molecule has 0 bridgehead atoms. The third-order valence-electron chi connectivity index (χ3n) is 3.66. The molecule has 1 rings (SSSR count). The fourth-order valence-corrected chi connectivity index (χ4v) is 2.54. The Morgan fingerprint density at radius 3 is 2.59 bits per heavy atom. The molecule has 1 saturated carbocycles. The number of rotatable bonds is 8. The Labute approximate surface area is 105 Å². The lowest BCUT2D eigenvalue weighted by atomic mass is 9.86. The van der Waals surface area contributed by atoms with E-state index in [0.717, 1.165) is 38.1 Å². The van der Waals surface area contributed by atoms with Gasteiger partial charge in [-0.2, -0.15) is 0 Å². The van der Waals surface area contributed by atoms with E-state index in [9.17, 15) is 4.79 Å². The molecule has 0 aromatic carbocycles. The third-order valence-corrected chi connectivity index (χ3v) is 3.66. The van der Waals surface area contributed by atoms with Crippen LogP contribution in [0.15, 0.2) is 0 Å². The molecule has 0 aromatic rings. The molecular formula is C14H27NO2. The molecule has 1 fully saturated rings. The average Bonchev–Trinajstić information content (AvgIpc) is 2.37. The molecule has 0 atom stereocenters. The maximum atomic E-state index is 11.6. The standard InChI is InChI=1S/C14H27NO2/c16-12-6-2-5-11-15-14(17)10-9-13-7-3-1-4-8-13/h13,16H,1-12H2,(H,15,17). The Balaban J connectivity index is 1.93. The number of aliphatic hydroxyl groups is 1. The van der Waals surface area contributed by atoms with Gasteiger partial charge in [0.1, 0.15) is 0 Å². The average molecular weight is 241 g/mol. The lowest BCUT2D eigenvalue weighted by Gasteiger charge is -2.20. The van der Waals surface area contributed by atoms with Crippen molar-refractivity contribution in [3.8, 4) is 0 Å². The van der Waals surface area contributed by atoms with Crippen molar-refractivity contribution in [2.45, 2.75) is 64.2 Å². The Bertz CT molecular complexity index is 200. The van der Waals surface area contributed by atoms with Crippen molar-refractivity contribution in [3.63, 3.8) is 0 Å². The van der Waals surface area contributed by atoms with Gasteiger partial charge >= 0.3 is 0 Å². The van der Waals surface area contributed by atoms with Crippen molar-refractivity contribution in [1.82, 2.24) is 5.32 Å². The van der Waals surface area contributed by atoms with Gasteiger partial charge in [0.25, 0.3) is 0 Å². The molecular weight excluding hydrogens is 214 g/mol. The van der Waals surface area contributed by atoms with Gasteiger partial charge in [-0.15, -0.1) is 0 Å². The Hall–Kier alpha value is -0.570. The van der Waals surface area contributed by atoms with Gasteiger partial charge in [-0.3, -0.25) is 4.79 Å². The summed E-state index contributed by atoms with van der Waals surface area (Å²) in [4.78, 5) is 11.6. The van der Waals surface area contributed by atoms with E-state index in [1.165, 1.54) is 32.1 Å². The summed E-state index contributed by atoms with van der Waals surface area (Å²) in [6, 6.07) is 0. The molecule has 0 aliphatic heterocycles. The van der Waals surface area contributed by atoms with Crippen LogP contribution in [0.4, 0.5) is 0 Å². The molecule has 0 heterocycles. The number of carbonyl (C=O) groups excluding carboxylic acids is 1. The van der Waals surface area contributed by atoms with E-state index in [2.05, 4.69) is 5.32 Å². The van der Waals surface area contributed by atoms with E-state index in [-0.39, 0.29) is 12.5 Å². The molecule has 0 aromatic heterocycles. The van der Waals surface area contributed by atoms with Crippen LogP contribution < -0.4 is 5.32 Å². The summed E-state index contributed by atoms with van der Waals surface area (Å²) in [6.45, 7) is 1.03. The molecule has 0 unspecified atom stereocenters. The molecule has 1 amide bonds. The molecule has 3 nitrogen and oxygen atoms in total. The summed E-state index contributed by atoms with van der Waals surface area (Å²) in [6.07, 6.45) is 11.3. The fourth-order valence-electron chi connectivity index (χ4n) is 2.54. The second-order valence-electron chi connectivity index (χ2n) is 5.18. The predicted molar refractivity (Wildman–Crippen MR) is 69.8 cm³/mol. The number of unbranched alkanes of at least 4 members (excludes halogenated alkanes) is 2. The summed E-state index contributed by atoms with van der Waals surface area (Å²) >= 11 is 0. The number of carbonyl (C=O) groups is 1. The minimum absolute atomic E-state index is 0.208. The zero-order valence-electron chi connectivity index (χ0n) is 10.9. The molecule has 0 spiro atoms. The quantitative estimate of drug-likeness (QED) is 0.642. The van der Waals surface area contributed by atoms with Crippen molar-refractivity contribution in [3.05, 3.63) is 0 Å². The van der Waals surface area contributed by atoms with Crippen LogP contribution in [-0.4, -0.2) is 24.2 Å². The Morgan fingerprint density at radius 1 is 1.12 bits per heavy atom. The predicted octanol–water partition coefficient (Wildman–Crippen LogP) is 2.63. The molecule has 1 aliphatic rings. The normalized spacial score (nSPS) is 17.0. The molecule has 2 N–H and O–H groups in total. The highest BCUT2D eigenvalue weighted by Crippen LogP contribution is 2.27. The summed E-state index contributed by atoms with van der Waals surface area (Å²) in [5.41, 5.74) is 0. The smallest absolute Gasteiger partial charge is 0.220 e. The van der Waals surface area contributed by atoms with Gasteiger partial charge in [0, 0.05) is 19.6 Å². The highest BCUT2D eigenvalue weighted by atomic mass is 16.2. The number of hydrogen-bond donors (Lipinski definition) is 2. The number of aliphatic hydroxyl groups excluding tert-OH is 1. The topological polar surface area (TPSA) is 49.3 Å². The first-order chi connectivity index (χ1) is 8.33. The number of hydrogen-bond acceptors (Lipinski definition) is 2. The van der Waals surface area contributed by atoms with Gasteiger partial charge in [-0.1, -0.05) is 32.1 Å². The van der Waals surface area contributed by atoms with Gasteiger partial charge in [-0.25, -0.2) is 0 Å². The Kier molecular flexibility index (Phi) is 8.06. The molecule has 3 heteroatoms. The highest BCUT2D eigenvalue weighted by Gasteiger charge is 2.14. The van der Waals surface area contributed by atoms with Crippen molar-refractivity contribution in [2.75, 3.05) is 13.2 Å². The third kappa shape index (κ3) is 7.37. The van der Waals surface area contributed by atoms with Crippen LogP contribution in [0.3, 0.4) is 0 Å². The van der Waals surface area contributed by atoms with E-state index < -0.39 is 0 Å². The van der Waals surface area contributed by atoms with Crippen LogP contribution in [0, 0.1) is 5.92 Å². The van der Waals surface area contributed by atoms with E-state index in [1.54, 1.807) is 0 Å². The molecule has 17 heavy (non-hydrogen) atoms. The van der Waals surface area contributed by atoms with Crippen molar-refractivity contribution >= 4 is 5.91 Å². The molecule has 1 aliphatic carbocycles. The largest absolute Gasteiger partial charge is 0.396 e. The molecule has 0 radical (unpaired) electrons. The first-order valence-electron chi connectivity index (χ1n) is 7.20. The van der Waals surface area contributed by atoms with Crippen LogP contribution >= 0.6 is 0 Å². The maximum Gasteiger partial charge on any atom is 0.220 e. The minimum Gasteiger partial charge on any atom is -0.396 e. The first kappa shape index (κ1) is 14.5. The second kappa shape index (κ2) is 9.46. The Morgan fingerprint density at radius 2 is 1.88 bits per heavy atom. The summed E-state index contributed by atoms with van der Waals surface area (Å²) in [5, 5.41) is 11.6. The van der Waals surface area contributed by atoms with Crippen LogP contribution in [0.25, 0.3) is 0 Å². The van der Waals surface area contributed by atoms with Gasteiger partial charge in [0.05, 0.1) is 0 Å². The first-order valence-corrected chi connectivity index (χ1v) is 7.20. The lowest BCUT2D eigenvalue weighted by Crippen LogP contribution is -2.25. The number of nitrogens with one attached hydrogen (secondary N) is 1. The zero-order chi connectivity index (χ0) is 12.3. The van der Waals surface area contributed by atoms with E-state index >= 15 is 0 Å². The minimum atomic E-state index is 0.208. The van der Waals surface area contributed by atoms with Crippen molar-refractivity contribution in [1.29, 1.82) is 0 Å². The SMILES string of the molecule is O=C(CCC1CCCCC1)NCCCCCO. The van der Waals surface area contributed by atoms with Gasteiger partial charge in [0.2, 0.25) is 5.91 Å². The van der Waals surface area contributed by atoms with E-state index in [0.29, 0.717) is 6.42 Å². The van der Waals surface area contributed by atoms with Crippen LogP contribution in [0.2, 0.25) is 0 Å². The van der Waals surface area contributed by atoms with Crippen LogP contribution in [-0.2, 0) is 4.79 Å². The fraction of sp³-hybridized carbons (Fsp3) is 0.929. The van der Waals surface area contributed by atoms with E-state index in [4.69, 9.17) is 5.11 Å². The van der Waals surface area contributed by atoms with Crippen molar-refractivity contribution in [2.24, 2.45) is 5.92 Å². The summed E-state index contributed by atoms with van der Waals surface area (Å²) < 4.78 is 0. The van der Waals surface area contributed by atoms with Gasteiger partial charge in [-0.05, 0) is 31.6 Å². The van der Waals surface area contributed by atoms with Crippen molar-refractivity contribution < 1.29 is 9.90 Å². The van der Waals surface area contributed by atoms with Crippen LogP contribution in [0.1, 0.15) is 64.2 Å². The monoisotopic (exact) mass is 241 g/mol. The summed E-state index contributed by atoms with van der Waals surface area (Å²) in [7, 11) is 0. The maximum absolute atomic E-state index is 11.6. The highest BCUT2D eigenvalue weighted by molar-refractivity contribution is 5.75. The number of amides is 1. The summed E-state index contributed by atoms with van der Waals surface area (Å²) in [5.74, 6) is 1.00. The lowest BCUT2D eigenvalue weighted by molar-refractivity contribution is -0.121. The second-order valence-corrected chi connectivity index (χ2v) is 5.18. The van der Waals surface area contributed by atoms with Gasteiger partial charge < -0.3 is 10.4 Å². The van der Waals surface area contributed by atoms with Crippen LogP contribution in [0.5, 0.6) is 0 Å². The molecule has 0 saturated heterocycles. The zero-order valence-corrected chi connectivity index (χ0v) is 10.9. The molecule has 100 valence electrons.